The Kier molecular flexibility index (Phi) is 8.45. The van der Waals surface area contributed by atoms with E-state index >= 15 is 0 Å². The van der Waals surface area contributed by atoms with Gasteiger partial charge in [-0.3, -0.25) is 4.57 Å². The lowest BCUT2D eigenvalue weighted by Crippen LogP contribution is -2.13. The maximum Gasteiger partial charge on any atom is 0.215 e. The van der Waals surface area contributed by atoms with E-state index in [1.165, 1.54) is 0 Å². The Labute approximate surface area is 207 Å². The Hall–Kier alpha value is -2.67. The zero-order chi connectivity index (χ0) is 21.6. The van der Waals surface area contributed by atoms with Gasteiger partial charge in [-0.15, -0.1) is 33.4 Å². The summed E-state index contributed by atoms with van der Waals surface area (Å²) in [5.74, 6) is 0.862. The van der Waals surface area contributed by atoms with Crippen molar-refractivity contribution >= 4 is 45.6 Å². The van der Waals surface area contributed by atoms with Crippen LogP contribution >= 0.6 is 39.9 Å². The fraction of sp³-hybridized carbons (Fsp3) is 0.120. The van der Waals surface area contributed by atoms with Crippen molar-refractivity contribution in [1.82, 2.24) is 4.57 Å². The fourth-order valence-electron chi connectivity index (χ4n) is 3.16. The maximum atomic E-state index is 5.99. The first-order chi connectivity index (χ1) is 15.2. The molecule has 0 bridgehead atoms. The summed E-state index contributed by atoms with van der Waals surface area (Å²) >= 11 is 7.55. The SMILES string of the molecule is Br.CCOc1ccc(-c2cs/c(=N/N=C(\C)c3ccc(Cl)cc3)n2-c2ccccc2)cc1. The van der Waals surface area contributed by atoms with Crippen molar-refractivity contribution in [2.75, 3.05) is 6.61 Å². The van der Waals surface area contributed by atoms with Crippen molar-refractivity contribution in [2.45, 2.75) is 13.8 Å². The first-order valence-electron chi connectivity index (χ1n) is 9.99. The minimum absolute atomic E-state index is 0. The Morgan fingerprint density at radius 2 is 1.66 bits per heavy atom. The first-order valence-corrected chi connectivity index (χ1v) is 11.2. The van der Waals surface area contributed by atoms with E-state index in [2.05, 4.69) is 44.4 Å². The molecule has 0 N–H and O–H groups in total. The van der Waals surface area contributed by atoms with E-state index in [4.69, 9.17) is 16.3 Å². The molecule has 0 saturated heterocycles. The summed E-state index contributed by atoms with van der Waals surface area (Å²) < 4.78 is 7.71. The number of para-hydroxylation sites is 1. The second kappa shape index (κ2) is 11.3. The molecule has 1 aromatic heterocycles. The second-order valence-corrected chi connectivity index (χ2v) is 8.10. The van der Waals surface area contributed by atoms with Gasteiger partial charge in [0.1, 0.15) is 5.75 Å². The van der Waals surface area contributed by atoms with E-state index in [0.717, 1.165) is 38.8 Å². The largest absolute Gasteiger partial charge is 0.494 e. The molecule has 0 spiro atoms. The van der Waals surface area contributed by atoms with Gasteiger partial charge in [-0.05, 0) is 73.5 Å². The molecule has 0 aliphatic heterocycles. The van der Waals surface area contributed by atoms with Crippen molar-refractivity contribution < 1.29 is 4.74 Å². The van der Waals surface area contributed by atoms with E-state index in [0.29, 0.717) is 11.6 Å². The molecule has 0 amide bonds. The quantitative estimate of drug-likeness (QED) is 0.193. The van der Waals surface area contributed by atoms with Crippen LogP contribution in [0.1, 0.15) is 19.4 Å². The molecule has 0 atom stereocenters. The molecule has 32 heavy (non-hydrogen) atoms. The molecule has 0 radical (unpaired) electrons. The minimum atomic E-state index is 0. The van der Waals surface area contributed by atoms with Gasteiger partial charge < -0.3 is 4.74 Å². The van der Waals surface area contributed by atoms with E-state index in [-0.39, 0.29) is 17.0 Å². The fourth-order valence-corrected chi connectivity index (χ4v) is 4.15. The molecule has 0 unspecified atom stereocenters. The molecular weight excluding hydrogens is 506 g/mol. The van der Waals surface area contributed by atoms with Crippen LogP contribution in [0.4, 0.5) is 0 Å². The van der Waals surface area contributed by atoms with Gasteiger partial charge in [0.15, 0.2) is 0 Å². The van der Waals surface area contributed by atoms with Gasteiger partial charge >= 0.3 is 0 Å². The van der Waals surface area contributed by atoms with Gasteiger partial charge in [-0.1, -0.05) is 41.9 Å². The third kappa shape index (κ3) is 5.57. The summed E-state index contributed by atoms with van der Waals surface area (Å²) in [6.45, 7) is 4.58. The highest BCUT2D eigenvalue weighted by molar-refractivity contribution is 8.93. The zero-order valence-electron chi connectivity index (χ0n) is 17.7. The number of benzene rings is 3. The van der Waals surface area contributed by atoms with Gasteiger partial charge in [-0.25, -0.2) is 0 Å². The van der Waals surface area contributed by atoms with Crippen molar-refractivity contribution in [3.05, 3.63) is 99.6 Å². The van der Waals surface area contributed by atoms with E-state index in [1.54, 1.807) is 11.3 Å². The van der Waals surface area contributed by atoms with Gasteiger partial charge in [0, 0.05) is 16.1 Å². The number of thiazole rings is 1. The summed E-state index contributed by atoms with van der Waals surface area (Å²) in [6.07, 6.45) is 0. The van der Waals surface area contributed by atoms with E-state index in [1.807, 2.05) is 68.4 Å². The number of hydrogen-bond donors (Lipinski definition) is 0. The van der Waals surface area contributed by atoms with Crippen molar-refractivity contribution in [1.29, 1.82) is 0 Å². The smallest absolute Gasteiger partial charge is 0.215 e. The minimum Gasteiger partial charge on any atom is -0.494 e. The van der Waals surface area contributed by atoms with Crippen molar-refractivity contribution in [2.24, 2.45) is 10.2 Å². The second-order valence-electron chi connectivity index (χ2n) is 6.82. The molecular formula is C25H23BrClN3OS. The summed E-state index contributed by atoms with van der Waals surface area (Å²) in [5, 5.41) is 11.9. The van der Waals surface area contributed by atoms with E-state index < -0.39 is 0 Å². The average Bonchev–Trinajstić information content (AvgIpc) is 3.23. The molecule has 1 heterocycles. The zero-order valence-corrected chi connectivity index (χ0v) is 21.0. The lowest BCUT2D eigenvalue weighted by Gasteiger charge is -2.10. The van der Waals surface area contributed by atoms with E-state index in [9.17, 15) is 0 Å². The monoisotopic (exact) mass is 527 g/mol. The maximum absolute atomic E-state index is 5.99. The van der Waals surface area contributed by atoms with Crippen LogP contribution in [0.2, 0.25) is 5.02 Å². The number of nitrogens with zero attached hydrogens (tertiary/aromatic N) is 3. The first kappa shape index (κ1) is 24.0. The predicted molar refractivity (Wildman–Crippen MR) is 140 cm³/mol. The third-order valence-electron chi connectivity index (χ3n) is 4.73. The molecule has 0 aliphatic carbocycles. The van der Waals surface area contributed by atoms with Gasteiger partial charge in [0.2, 0.25) is 4.80 Å². The topological polar surface area (TPSA) is 38.9 Å². The highest BCUT2D eigenvalue weighted by atomic mass is 79.9. The molecule has 7 heteroatoms. The third-order valence-corrected chi connectivity index (χ3v) is 5.80. The molecule has 0 aliphatic rings. The lowest BCUT2D eigenvalue weighted by molar-refractivity contribution is 0.340. The number of hydrogen-bond acceptors (Lipinski definition) is 4. The molecule has 4 aromatic rings. The average molecular weight is 529 g/mol. The summed E-state index contributed by atoms with van der Waals surface area (Å²) in [6, 6.07) is 25.9. The Morgan fingerprint density at radius 1 is 0.969 bits per heavy atom. The van der Waals surface area contributed by atoms with Crippen LogP contribution in [-0.4, -0.2) is 16.9 Å². The number of halogens is 2. The van der Waals surface area contributed by atoms with Crippen LogP contribution in [0.3, 0.4) is 0 Å². The number of aromatic nitrogens is 1. The van der Waals surface area contributed by atoms with Gasteiger partial charge in [-0.2, -0.15) is 5.10 Å². The molecule has 4 rings (SSSR count). The Morgan fingerprint density at radius 3 is 2.31 bits per heavy atom. The van der Waals surface area contributed by atoms with Crippen LogP contribution < -0.4 is 9.54 Å². The van der Waals surface area contributed by atoms with Crippen LogP contribution in [-0.2, 0) is 0 Å². The normalized spacial score (nSPS) is 11.8. The highest BCUT2D eigenvalue weighted by Crippen LogP contribution is 2.25. The highest BCUT2D eigenvalue weighted by Gasteiger charge is 2.10. The Bertz CT molecular complexity index is 1250. The standard InChI is InChI=1S/C25H22ClN3OS.BrH/c1-3-30-23-15-11-20(12-16-23)24-17-31-25(29(24)22-7-5-4-6-8-22)28-27-18(2)19-9-13-21(26)14-10-19;/h4-17H,3H2,1-2H3;1H/b27-18+,28-25+;. The van der Waals surface area contributed by atoms with Crippen LogP contribution in [0.15, 0.2) is 94.4 Å². The van der Waals surface area contributed by atoms with Gasteiger partial charge in [0.25, 0.3) is 0 Å². The molecule has 4 nitrogen and oxygen atoms in total. The van der Waals surface area contributed by atoms with Crippen LogP contribution in [0, 0.1) is 0 Å². The molecule has 0 saturated carbocycles. The molecule has 0 fully saturated rings. The molecule has 3 aromatic carbocycles. The van der Waals surface area contributed by atoms with Crippen LogP contribution in [0.5, 0.6) is 5.75 Å². The summed E-state index contributed by atoms with van der Waals surface area (Å²) in [5.41, 5.74) is 4.99. The Balaban J connectivity index is 0.00000289. The van der Waals surface area contributed by atoms with Crippen LogP contribution in [0.25, 0.3) is 16.9 Å². The lowest BCUT2D eigenvalue weighted by atomic mass is 10.1. The molecule has 164 valence electrons. The van der Waals surface area contributed by atoms with Crippen molar-refractivity contribution in [3.8, 4) is 22.7 Å². The summed E-state index contributed by atoms with van der Waals surface area (Å²) in [7, 11) is 0. The van der Waals surface area contributed by atoms with Crippen molar-refractivity contribution in [3.63, 3.8) is 0 Å². The number of rotatable bonds is 6. The van der Waals surface area contributed by atoms with Gasteiger partial charge in [0.05, 0.1) is 18.0 Å². The summed E-state index contributed by atoms with van der Waals surface area (Å²) in [4.78, 5) is 0.795. The number of ether oxygens (including phenoxy) is 1. The predicted octanol–water partition coefficient (Wildman–Crippen LogP) is 7.16.